The summed E-state index contributed by atoms with van der Waals surface area (Å²) in [6.07, 6.45) is 3.21. The Morgan fingerprint density at radius 3 is 2.52 bits per heavy atom. The van der Waals surface area contributed by atoms with E-state index in [1.54, 1.807) is 6.20 Å². The van der Waals surface area contributed by atoms with Gasteiger partial charge in [-0.1, -0.05) is 22.0 Å². The van der Waals surface area contributed by atoms with Crippen LogP contribution in [-0.2, 0) is 19.1 Å². The summed E-state index contributed by atoms with van der Waals surface area (Å²) in [7, 11) is 0. The van der Waals surface area contributed by atoms with Crippen molar-refractivity contribution in [3.8, 4) is 0 Å². The Morgan fingerprint density at radius 2 is 1.86 bits per heavy atom. The molecule has 1 aliphatic rings. The Morgan fingerprint density at radius 1 is 1.19 bits per heavy atom. The molecule has 0 aliphatic carbocycles. The minimum absolute atomic E-state index is 0.113. The van der Waals surface area contributed by atoms with E-state index in [1.165, 1.54) is 19.9 Å². The largest absolute Gasteiger partial charge is 0.419 e. The molecule has 1 aromatic heterocycles. The van der Waals surface area contributed by atoms with E-state index in [2.05, 4.69) is 20.9 Å². The highest BCUT2D eigenvalue weighted by Gasteiger charge is 2.38. The van der Waals surface area contributed by atoms with Crippen LogP contribution in [0.4, 0.5) is 0 Å². The molecule has 1 saturated heterocycles. The molecule has 1 N–H and O–H groups in total. The summed E-state index contributed by atoms with van der Waals surface area (Å²) in [4.78, 5) is 26.9. The summed E-state index contributed by atoms with van der Waals surface area (Å²) in [5.74, 6) is -2.58. The number of aromatic nitrogens is 1. The fourth-order valence-corrected chi connectivity index (χ4v) is 2.54. The summed E-state index contributed by atoms with van der Waals surface area (Å²) in [5, 5.41) is 0.899. The number of esters is 2. The summed E-state index contributed by atoms with van der Waals surface area (Å²) in [6.45, 7) is 3.03. The topological polar surface area (TPSA) is 68.4 Å². The Balaban J connectivity index is 2.04. The second-order valence-electron chi connectivity index (χ2n) is 5.17. The normalized spacial score (nSPS) is 17.6. The molecule has 2 aromatic rings. The average Bonchev–Trinajstić information content (AvgIpc) is 2.74. The molecule has 3 rings (SSSR count). The van der Waals surface area contributed by atoms with Crippen molar-refractivity contribution in [2.75, 3.05) is 0 Å². The van der Waals surface area contributed by atoms with E-state index in [4.69, 9.17) is 9.47 Å². The maximum Gasteiger partial charge on any atom is 0.348 e. The summed E-state index contributed by atoms with van der Waals surface area (Å²) in [5.41, 5.74) is 1.51. The van der Waals surface area contributed by atoms with Crippen LogP contribution in [-0.4, -0.2) is 22.7 Å². The van der Waals surface area contributed by atoms with E-state index in [-0.39, 0.29) is 5.57 Å². The number of cyclic esters (lactones) is 2. The van der Waals surface area contributed by atoms with Gasteiger partial charge in [0, 0.05) is 41.0 Å². The van der Waals surface area contributed by atoms with E-state index in [0.29, 0.717) is 0 Å². The van der Waals surface area contributed by atoms with Gasteiger partial charge in [-0.05, 0) is 18.2 Å². The van der Waals surface area contributed by atoms with E-state index >= 15 is 0 Å². The first-order valence-corrected chi connectivity index (χ1v) is 7.10. The number of halogens is 1. The van der Waals surface area contributed by atoms with Crippen LogP contribution >= 0.6 is 15.9 Å². The minimum atomic E-state index is -1.23. The first kappa shape index (κ1) is 13.9. The third-order valence-corrected chi connectivity index (χ3v) is 3.59. The summed E-state index contributed by atoms with van der Waals surface area (Å²) in [6, 6.07) is 5.70. The van der Waals surface area contributed by atoms with Crippen molar-refractivity contribution in [3.63, 3.8) is 0 Å². The number of nitrogens with one attached hydrogen (secondary N) is 1. The van der Waals surface area contributed by atoms with Gasteiger partial charge in [-0.2, -0.15) is 0 Å². The van der Waals surface area contributed by atoms with Crippen LogP contribution in [0.1, 0.15) is 19.4 Å². The van der Waals surface area contributed by atoms with Crippen molar-refractivity contribution in [3.05, 3.63) is 40.0 Å². The summed E-state index contributed by atoms with van der Waals surface area (Å²) >= 11 is 3.39. The lowest BCUT2D eigenvalue weighted by Crippen LogP contribution is -2.41. The molecule has 0 radical (unpaired) electrons. The predicted octanol–water partition coefficient (Wildman–Crippen LogP) is 3.15. The average molecular weight is 350 g/mol. The highest BCUT2D eigenvalue weighted by Crippen LogP contribution is 2.27. The zero-order valence-corrected chi connectivity index (χ0v) is 13.0. The smallest absolute Gasteiger partial charge is 0.348 e. The Labute approximate surface area is 129 Å². The number of carbonyl (C=O) groups is 2. The van der Waals surface area contributed by atoms with Gasteiger partial charge in [0.15, 0.2) is 0 Å². The third-order valence-electron chi connectivity index (χ3n) is 3.09. The van der Waals surface area contributed by atoms with Crippen LogP contribution in [0.25, 0.3) is 17.0 Å². The van der Waals surface area contributed by atoms with Crippen molar-refractivity contribution in [2.45, 2.75) is 19.6 Å². The zero-order chi connectivity index (χ0) is 15.2. The van der Waals surface area contributed by atoms with Gasteiger partial charge in [-0.3, -0.25) is 0 Å². The van der Waals surface area contributed by atoms with Crippen molar-refractivity contribution >= 4 is 44.8 Å². The van der Waals surface area contributed by atoms with E-state index in [0.717, 1.165) is 20.9 Å². The molecule has 1 aliphatic heterocycles. The van der Waals surface area contributed by atoms with E-state index in [1.807, 2.05) is 18.2 Å². The number of aromatic amines is 1. The molecule has 2 heterocycles. The van der Waals surface area contributed by atoms with E-state index in [9.17, 15) is 9.59 Å². The highest BCUT2D eigenvalue weighted by molar-refractivity contribution is 9.10. The van der Waals surface area contributed by atoms with Crippen molar-refractivity contribution in [1.82, 2.24) is 4.98 Å². The molecule has 1 aromatic carbocycles. The van der Waals surface area contributed by atoms with E-state index < -0.39 is 17.7 Å². The molecular weight excluding hydrogens is 338 g/mol. The van der Waals surface area contributed by atoms with Gasteiger partial charge in [-0.15, -0.1) is 0 Å². The van der Waals surface area contributed by atoms with Gasteiger partial charge in [0.1, 0.15) is 5.57 Å². The highest BCUT2D eigenvalue weighted by atomic mass is 79.9. The summed E-state index contributed by atoms with van der Waals surface area (Å²) < 4.78 is 11.1. The Bertz CT molecular complexity index is 766. The van der Waals surface area contributed by atoms with Crippen molar-refractivity contribution < 1.29 is 19.1 Å². The fourth-order valence-electron chi connectivity index (χ4n) is 2.17. The van der Waals surface area contributed by atoms with Crippen molar-refractivity contribution in [1.29, 1.82) is 0 Å². The molecular formula is C15H12BrNO4. The number of fused-ring (bicyclic) bond motifs is 1. The molecule has 6 heteroatoms. The quantitative estimate of drug-likeness (QED) is 0.487. The number of carbonyl (C=O) groups excluding carboxylic acids is 2. The van der Waals surface area contributed by atoms with Crippen LogP contribution in [0, 0.1) is 0 Å². The molecule has 0 atom stereocenters. The third kappa shape index (κ3) is 2.58. The van der Waals surface area contributed by atoms with Gasteiger partial charge in [0.05, 0.1) is 0 Å². The Kier molecular flexibility index (Phi) is 3.13. The maximum atomic E-state index is 11.9. The molecule has 0 bridgehead atoms. The van der Waals surface area contributed by atoms with Crippen molar-refractivity contribution in [2.24, 2.45) is 0 Å². The number of hydrogen-bond acceptors (Lipinski definition) is 4. The fraction of sp³-hybridized carbons (Fsp3) is 0.200. The van der Waals surface area contributed by atoms with Gasteiger partial charge in [0.2, 0.25) is 0 Å². The molecule has 0 spiro atoms. The monoisotopic (exact) mass is 349 g/mol. The van der Waals surface area contributed by atoms with Gasteiger partial charge in [0.25, 0.3) is 5.79 Å². The molecule has 1 fully saturated rings. The predicted molar refractivity (Wildman–Crippen MR) is 80.2 cm³/mol. The van der Waals surface area contributed by atoms with Gasteiger partial charge < -0.3 is 14.5 Å². The van der Waals surface area contributed by atoms with Gasteiger partial charge in [-0.25, -0.2) is 9.59 Å². The van der Waals surface area contributed by atoms with Gasteiger partial charge >= 0.3 is 11.9 Å². The van der Waals surface area contributed by atoms with Crippen LogP contribution < -0.4 is 0 Å². The van der Waals surface area contributed by atoms with Crippen LogP contribution in [0.2, 0.25) is 0 Å². The second-order valence-corrected chi connectivity index (χ2v) is 6.09. The molecule has 0 unspecified atom stereocenters. The molecule has 0 amide bonds. The molecule has 0 saturated carbocycles. The first-order chi connectivity index (χ1) is 9.85. The number of ether oxygens (including phenoxy) is 2. The number of benzene rings is 1. The first-order valence-electron chi connectivity index (χ1n) is 6.31. The standard InChI is InChI=1S/C15H12BrNO4/c1-15(2)20-13(18)11(14(19)21-15)5-8-7-17-12-6-9(16)3-4-10(8)12/h3-7,17H,1-2H3. The lowest BCUT2D eigenvalue weighted by Gasteiger charge is -2.29. The Hall–Kier alpha value is -2.08. The van der Waals surface area contributed by atoms with Crippen LogP contribution in [0.5, 0.6) is 0 Å². The van der Waals surface area contributed by atoms with Crippen LogP contribution in [0.15, 0.2) is 34.4 Å². The number of hydrogen-bond donors (Lipinski definition) is 1. The lowest BCUT2D eigenvalue weighted by molar-refractivity contribution is -0.222. The molecule has 108 valence electrons. The number of H-pyrrole nitrogens is 1. The lowest BCUT2D eigenvalue weighted by atomic mass is 10.1. The molecule has 21 heavy (non-hydrogen) atoms. The number of rotatable bonds is 1. The minimum Gasteiger partial charge on any atom is -0.419 e. The second kappa shape index (κ2) is 4.73. The zero-order valence-electron chi connectivity index (χ0n) is 11.4. The maximum absolute atomic E-state index is 11.9. The van der Waals surface area contributed by atoms with Crippen LogP contribution in [0.3, 0.4) is 0 Å². The SMILES string of the molecule is CC1(C)OC(=O)C(=Cc2c[nH]c3cc(Br)ccc23)C(=O)O1. The molecule has 5 nitrogen and oxygen atoms in total.